The number of halogens is 1. The quantitative estimate of drug-likeness (QED) is 0.509. The predicted molar refractivity (Wildman–Crippen MR) is 102 cm³/mol. The average molecular weight is 380 g/mol. The van der Waals surface area contributed by atoms with Gasteiger partial charge in [0.05, 0.1) is 7.18 Å². The van der Waals surface area contributed by atoms with Crippen LogP contribution in [0.4, 0.5) is 10.1 Å². The smallest absolute Gasteiger partial charge is 0.263 e. The van der Waals surface area contributed by atoms with Crippen molar-refractivity contribution in [3.05, 3.63) is 54.4 Å². The second-order valence-electron chi connectivity index (χ2n) is 5.61. The molecule has 0 atom stereocenters. The van der Waals surface area contributed by atoms with Crippen LogP contribution in [0.15, 0.2) is 53.7 Å². The summed E-state index contributed by atoms with van der Waals surface area (Å²) in [6, 6.07) is 9.63. The molecule has 0 amide bonds. The van der Waals surface area contributed by atoms with Crippen molar-refractivity contribution in [3.8, 4) is 0 Å². The Morgan fingerprint density at radius 2 is 1.88 bits per heavy atom. The highest BCUT2D eigenvalue weighted by atomic mass is 32.2. The second kappa shape index (κ2) is 11.4. The van der Waals surface area contributed by atoms with Crippen LogP contribution in [0.2, 0.25) is 0 Å². The molecule has 0 saturated heterocycles. The molecule has 0 aliphatic carbocycles. The molecule has 0 saturated carbocycles. The minimum absolute atomic E-state index is 0.0357. The van der Waals surface area contributed by atoms with Crippen molar-refractivity contribution in [1.82, 2.24) is 4.98 Å². The first-order chi connectivity index (χ1) is 12.5. The van der Waals surface area contributed by atoms with Gasteiger partial charge in [-0.2, -0.15) is 0 Å². The van der Waals surface area contributed by atoms with E-state index in [4.69, 9.17) is 0 Å². The molecule has 0 spiro atoms. The van der Waals surface area contributed by atoms with Crippen LogP contribution in [0.5, 0.6) is 0 Å². The first-order valence-corrected chi connectivity index (χ1v) is 9.95. The van der Waals surface area contributed by atoms with Crippen LogP contribution in [-0.4, -0.2) is 26.4 Å². The summed E-state index contributed by atoms with van der Waals surface area (Å²) in [7, 11) is -3.20. The molecular formula is C19H25FN2O3S. The van der Waals surface area contributed by atoms with E-state index < -0.39 is 10.0 Å². The SMILES string of the molecule is CCCCCCC(=O)c1cccc(NS(=O)(=O)c2cccnc2)c1.CF. The fraction of sp³-hybridized carbons (Fsp3) is 0.368. The number of ketones is 1. The molecule has 1 N–H and O–H groups in total. The molecule has 0 unspecified atom stereocenters. The Morgan fingerprint density at radius 3 is 2.54 bits per heavy atom. The minimum atomic E-state index is -3.70. The Morgan fingerprint density at radius 1 is 1.12 bits per heavy atom. The van der Waals surface area contributed by atoms with Gasteiger partial charge in [-0.3, -0.25) is 18.9 Å². The summed E-state index contributed by atoms with van der Waals surface area (Å²) in [6.45, 7) is 2.12. The van der Waals surface area contributed by atoms with E-state index in [9.17, 15) is 17.6 Å². The maximum absolute atomic E-state index is 12.3. The Labute approximate surface area is 154 Å². The van der Waals surface area contributed by atoms with Crippen LogP contribution in [-0.2, 0) is 10.0 Å². The number of alkyl halides is 1. The number of sulfonamides is 1. The maximum atomic E-state index is 12.3. The molecule has 1 aromatic carbocycles. The summed E-state index contributed by atoms with van der Waals surface area (Å²) < 4.78 is 36.6. The number of benzene rings is 1. The lowest BCUT2D eigenvalue weighted by atomic mass is 10.0. The lowest BCUT2D eigenvalue weighted by Crippen LogP contribution is -2.13. The fourth-order valence-electron chi connectivity index (χ4n) is 2.33. The molecular weight excluding hydrogens is 355 g/mol. The highest BCUT2D eigenvalue weighted by molar-refractivity contribution is 7.92. The number of nitrogens with zero attached hydrogens (tertiary/aromatic N) is 1. The molecule has 0 aliphatic heterocycles. The zero-order valence-electron chi connectivity index (χ0n) is 15.1. The molecule has 1 aromatic heterocycles. The number of pyridine rings is 1. The van der Waals surface area contributed by atoms with Crippen molar-refractivity contribution >= 4 is 21.5 Å². The topological polar surface area (TPSA) is 76.1 Å². The Kier molecular flexibility index (Phi) is 9.51. The number of carbonyl (C=O) groups is 1. The monoisotopic (exact) mass is 380 g/mol. The van der Waals surface area contributed by atoms with Gasteiger partial charge in [0.1, 0.15) is 4.90 Å². The summed E-state index contributed by atoms with van der Waals surface area (Å²) >= 11 is 0. The standard InChI is InChI=1S/C18H22N2O3S.CH3F/c1-2-3-4-5-11-18(21)15-8-6-9-16(13-15)20-24(22,23)17-10-7-12-19-14-17;1-2/h6-10,12-14,20H,2-5,11H2,1H3;1H3. The third-order valence-corrected chi connectivity index (χ3v) is 5.01. The van der Waals surface area contributed by atoms with Gasteiger partial charge in [0.2, 0.25) is 0 Å². The van der Waals surface area contributed by atoms with Gasteiger partial charge in [-0.15, -0.1) is 0 Å². The summed E-state index contributed by atoms with van der Waals surface area (Å²) in [4.78, 5) is 16.1. The van der Waals surface area contributed by atoms with E-state index in [2.05, 4.69) is 16.6 Å². The van der Waals surface area contributed by atoms with Crippen LogP contribution < -0.4 is 4.72 Å². The number of rotatable bonds is 9. The number of unbranched alkanes of at least 4 members (excludes halogenated alkanes) is 3. The van der Waals surface area contributed by atoms with Crippen molar-refractivity contribution < 1.29 is 17.6 Å². The third-order valence-electron chi connectivity index (χ3n) is 3.64. The molecule has 7 heteroatoms. The molecule has 2 aromatic rings. The first-order valence-electron chi connectivity index (χ1n) is 8.47. The Balaban J connectivity index is 0.00000163. The van der Waals surface area contributed by atoms with E-state index in [0.29, 0.717) is 24.8 Å². The fourth-order valence-corrected chi connectivity index (χ4v) is 3.35. The molecule has 1 heterocycles. The van der Waals surface area contributed by atoms with E-state index in [1.54, 1.807) is 30.3 Å². The summed E-state index contributed by atoms with van der Waals surface area (Å²) in [5.74, 6) is 0.0357. The van der Waals surface area contributed by atoms with E-state index in [-0.39, 0.29) is 10.7 Å². The van der Waals surface area contributed by atoms with Crippen LogP contribution in [0, 0.1) is 0 Å². The first kappa shape index (κ1) is 21.8. The van der Waals surface area contributed by atoms with Crippen molar-refractivity contribution in [2.75, 3.05) is 11.9 Å². The molecule has 0 aliphatic rings. The van der Waals surface area contributed by atoms with Crippen LogP contribution in [0.1, 0.15) is 49.4 Å². The normalized spacial score (nSPS) is 10.6. The van der Waals surface area contributed by atoms with Gasteiger partial charge in [-0.1, -0.05) is 38.3 Å². The zero-order valence-corrected chi connectivity index (χ0v) is 15.9. The summed E-state index contributed by atoms with van der Waals surface area (Å²) in [6.07, 6.45) is 7.42. The minimum Gasteiger partial charge on any atom is -0.294 e. The molecule has 0 radical (unpaired) electrons. The average Bonchev–Trinajstić information content (AvgIpc) is 2.67. The van der Waals surface area contributed by atoms with Crippen molar-refractivity contribution in [2.45, 2.75) is 43.9 Å². The number of anilines is 1. The Hall–Kier alpha value is -2.28. The lowest BCUT2D eigenvalue weighted by Gasteiger charge is -2.09. The molecule has 5 nitrogen and oxygen atoms in total. The van der Waals surface area contributed by atoms with Gasteiger partial charge < -0.3 is 0 Å². The molecule has 142 valence electrons. The lowest BCUT2D eigenvalue weighted by molar-refractivity contribution is 0.0979. The number of hydrogen-bond donors (Lipinski definition) is 1. The highest BCUT2D eigenvalue weighted by Crippen LogP contribution is 2.18. The maximum Gasteiger partial charge on any atom is 0.263 e. The van der Waals surface area contributed by atoms with E-state index in [1.807, 2.05) is 0 Å². The van der Waals surface area contributed by atoms with Gasteiger partial charge >= 0.3 is 0 Å². The van der Waals surface area contributed by atoms with Crippen molar-refractivity contribution in [2.24, 2.45) is 0 Å². The number of hydrogen-bond acceptors (Lipinski definition) is 4. The second-order valence-corrected chi connectivity index (χ2v) is 7.29. The largest absolute Gasteiger partial charge is 0.294 e. The van der Waals surface area contributed by atoms with E-state index in [0.717, 1.165) is 25.7 Å². The molecule has 0 fully saturated rings. The Bertz CT molecular complexity index is 780. The summed E-state index contributed by atoms with van der Waals surface area (Å²) in [5.41, 5.74) is 0.899. The van der Waals surface area contributed by atoms with Gasteiger partial charge in [-0.25, -0.2) is 8.42 Å². The predicted octanol–water partition coefficient (Wildman–Crippen LogP) is 4.62. The van der Waals surface area contributed by atoms with Crippen LogP contribution in [0.25, 0.3) is 0 Å². The van der Waals surface area contributed by atoms with Gasteiger partial charge in [0.25, 0.3) is 10.0 Å². The van der Waals surface area contributed by atoms with Crippen LogP contribution in [0.3, 0.4) is 0 Å². The van der Waals surface area contributed by atoms with Gasteiger partial charge in [-0.05, 0) is 30.7 Å². The number of nitrogens with one attached hydrogen (secondary N) is 1. The van der Waals surface area contributed by atoms with Crippen molar-refractivity contribution in [1.29, 1.82) is 0 Å². The molecule has 26 heavy (non-hydrogen) atoms. The van der Waals surface area contributed by atoms with E-state index >= 15 is 0 Å². The van der Waals surface area contributed by atoms with Gasteiger partial charge in [0.15, 0.2) is 5.78 Å². The van der Waals surface area contributed by atoms with E-state index in [1.165, 1.54) is 18.5 Å². The molecule has 2 rings (SSSR count). The van der Waals surface area contributed by atoms with Gasteiger partial charge in [0, 0.05) is 30.1 Å². The summed E-state index contributed by atoms with van der Waals surface area (Å²) in [5, 5.41) is 0. The highest BCUT2D eigenvalue weighted by Gasteiger charge is 2.15. The molecule has 0 bridgehead atoms. The number of Topliss-reactive ketones (excluding diaryl/α,β-unsaturated/α-hetero) is 1. The van der Waals surface area contributed by atoms with Crippen LogP contribution >= 0.6 is 0 Å². The van der Waals surface area contributed by atoms with Crippen molar-refractivity contribution in [3.63, 3.8) is 0 Å². The number of aromatic nitrogens is 1. The number of carbonyl (C=O) groups excluding carboxylic acids is 1. The zero-order chi connectivity index (χ0) is 19.4. The third kappa shape index (κ3) is 6.92.